The smallest absolute Gasteiger partial charge is 0.0659 e. The normalized spacial score (nSPS) is 10.6. The highest BCUT2D eigenvalue weighted by atomic mass is 15.3. The first-order valence-electron chi connectivity index (χ1n) is 6.45. The number of benzene rings is 2. The molecule has 0 spiro atoms. The molecule has 2 heteroatoms. The molecular weight excluding hydrogens is 232 g/mol. The lowest BCUT2D eigenvalue weighted by molar-refractivity contribution is 0.686. The second-order valence-electron chi connectivity index (χ2n) is 4.78. The summed E-state index contributed by atoms with van der Waals surface area (Å²) < 4.78 is 1.98. The predicted octanol–water partition coefficient (Wildman–Crippen LogP) is 3.91. The predicted molar refractivity (Wildman–Crippen MR) is 77.9 cm³/mol. The van der Waals surface area contributed by atoms with Gasteiger partial charge in [0.25, 0.3) is 0 Å². The minimum atomic E-state index is 0.814. The molecule has 0 aliphatic carbocycles. The fourth-order valence-corrected chi connectivity index (χ4v) is 2.23. The van der Waals surface area contributed by atoms with Gasteiger partial charge >= 0.3 is 0 Å². The van der Waals surface area contributed by atoms with Crippen molar-refractivity contribution in [1.29, 1.82) is 0 Å². The molecule has 0 aliphatic rings. The van der Waals surface area contributed by atoms with E-state index in [2.05, 4.69) is 54.6 Å². The Labute approximate surface area is 113 Å². The van der Waals surface area contributed by atoms with Gasteiger partial charge in [-0.3, -0.25) is 4.68 Å². The summed E-state index contributed by atoms with van der Waals surface area (Å²) >= 11 is 0. The summed E-state index contributed by atoms with van der Waals surface area (Å²) in [7, 11) is 0. The summed E-state index contributed by atoms with van der Waals surface area (Å²) in [5.74, 6) is 0. The minimum absolute atomic E-state index is 0.814. The molecule has 1 aromatic heterocycles. The van der Waals surface area contributed by atoms with Gasteiger partial charge in [-0.05, 0) is 18.1 Å². The zero-order valence-corrected chi connectivity index (χ0v) is 11.0. The van der Waals surface area contributed by atoms with Gasteiger partial charge in [-0.25, -0.2) is 0 Å². The molecule has 3 rings (SSSR count). The minimum Gasteiger partial charge on any atom is -0.268 e. The van der Waals surface area contributed by atoms with Crippen LogP contribution in [0.4, 0.5) is 0 Å². The Balaban J connectivity index is 1.82. The second kappa shape index (κ2) is 5.11. The summed E-state index contributed by atoms with van der Waals surface area (Å²) in [6.07, 6.45) is 4.02. The van der Waals surface area contributed by atoms with Gasteiger partial charge in [-0.15, -0.1) is 0 Å². The Morgan fingerprint density at radius 2 is 1.79 bits per heavy atom. The van der Waals surface area contributed by atoms with Crippen LogP contribution in [0.15, 0.2) is 67.0 Å². The van der Waals surface area contributed by atoms with Gasteiger partial charge in [0, 0.05) is 11.8 Å². The van der Waals surface area contributed by atoms with Crippen molar-refractivity contribution in [3.8, 4) is 11.1 Å². The molecular formula is C17H16N2. The summed E-state index contributed by atoms with van der Waals surface area (Å²) in [5.41, 5.74) is 4.93. The van der Waals surface area contributed by atoms with Crippen molar-refractivity contribution in [1.82, 2.24) is 9.78 Å². The first-order valence-corrected chi connectivity index (χ1v) is 6.45. The maximum absolute atomic E-state index is 4.43. The van der Waals surface area contributed by atoms with Crippen LogP contribution >= 0.6 is 0 Å². The maximum atomic E-state index is 4.43. The first-order chi connectivity index (χ1) is 9.31. The third kappa shape index (κ3) is 2.74. The van der Waals surface area contributed by atoms with Crippen LogP contribution in [0.2, 0.25) is 0 Å². The largest absolute Gasteiger partial charge is 0.268 e. The number of aryl methyl sites for hydroxylation is 1. The molecule has 2 aromatic carbocycles. The van der Waals surface area contributed by atoms with E-state index in [1.165, 1.54) is 16.7 Å². The number of hydrogen-bond donors (Lipinski definition) is 0. The fourth-order valence-electron chi connectivity index (χ4n) is 2.23. The third-order valence-corrected chi connectivity index (χ3v) is 3.17. The fraction of sp³-hybridized carbons (Fsp3) is 0.118. The standard InChI is InChI=1S/C17H16N2/c1-14-6-5-7-15(10-14)12-19-13-17(11-18-19)16-8-3-2-4-9-16/h2-11,13H,12H2,1H3. The monoisotopic (exact) mass is 248 g/mol. The highest BCUT2D eigenvalue weighted by Crippen LogP contribution is 2.18. The van der Waals surface area contributed by atoms with Crippen molar-refractivity contribution in [3.63, 3.8) is 0 Å². The third-order valence-electron chi connectivity index (χ3n) is 3.17. The van der Waals surface area contributed by atoms with Crippen LogP contribution in [0.25, 0.3) is 11.1 Å². The Kier molecular flexibility index (Phi) is 3.15. The molecule has 0 radical (unpaired) electrons. The van der Waals surface area contributed by atoms with Crippen LogP contribution in [0.3, 0.4) is 0 Å². The maximum Gasteiger partial charge on any atom is 0.0659 e. The van der Waals surface area contributed by atoms with Crippen molar-refractivity contribution in [3.05, 3.63) is 78.1 Å². The van der Waals surface area contributed by atoms with Gasteiger partial charge in [-0.2, -0.15) is 5.10 Å². The van der Waals surface area contributed by atoms with E-state index in [4.69, 9.17) is 0 Å². The molecule has 0 bridgehead atoms. The quantitative estimate of drug-likeness (QED) is 0.687. The van der Waals surface area contributed by atoms with Crippen LogP contribution < -0.4 is 0 Å². The molecule has 0 amide bonds. The van der Waals surface area contributed by atoms with E-state index in [1.807, 2.05) is 29.1 Å². The summed E-state index contributed by atoms with van der Waals surface area (Å²) in [5, 5.41) is 4.43. The molecule has 3 aromatic rings. The highest BCUT2D eigenvalue weighted by Gasteiger charge is 2.02. The van der Waals surface area contributed by atoms with E-state index < -0.39 is 0 Å². The lowest BCUT2D eigenvalue weighted by atomic mass is 10.1. The lowest BCUT2D eigenvalue weighted by Gasteiger charge is -2.02. The number of nitrogens with zero attached hydrogens (tertiary/aromatic N) is 2. The van der Waals surface area contributed by atoms with E-state index in [0.29, 0.717) is 0 Å². The van der Waals surface area contributed by atoms with E-state index in [9.17, 15) is 0 Å². The molecule has 0 unspecified atom stereocenters. The SMILES string of the molecule is Cc1cccc(Cn2cc(-c3ccccc3)cn2)c1. The summed E-state index contributed by atoms with van der Waals surface area (Å²) in [6, 6.07) is 18.9. The Morgan fingerprint density at radius 3 is 2.58 bits per heavy atom. The van der Waals surface area contributed by atoms with Gasteiger partial charge in [-0.1, -0.05) is 60.2 Å². The van der Waals surface area contributed by atoms with Crippen LogP contribution in [0.5, 0.6) is 0 Å². The molecule has 0 aliphatic heterocycles. The second-order valence-corrected chi connectivity index (χ2v) is 4.78. The van der Waals surface area contributed by atoms with Gasteiger partial charge in [0.2, 0.25) is 0 Å². The molecule has 0 saturated heterocycles. The van der Waals surface area contributed by atoms with E-state index >= 15 is 0 Å². The topological polar surface area (TPSA) is 17.8 Å². The van der Waals surface area contributed by atoms with Crippen molar-refractivity contribution >= 4 is 0 Å². The van der Waals surface area contributed by atoms with Crippen molar-refractivity contribution < 1.29 is 0 Å². The molecule has 19 heavy (non-hydrogen) atoms. The number of rotatable bonds is 3. The van der Waals surface area contributed by atoms with Crippen LogP contribution in [-0.2, 0) is 6.54 Å². The van der Waals surface area contributed by atoms with Crippen molar-refractivity contribution in [2.75, 3.05) is 0 Å². The van der Waals surface area contributed by atoms with Crippen molar-refractivity contribution in [2.24, 2.45) is 0 Å². The van der Waals surface area contributed by atoms with Gasteiger partial charge < -0.3 is 0 Å². The Hall–Kier alpha value is -2.35. The van der Waals surface area contributed by atoms with Crippen molar-refractivity contribution in [2.45, 2.75) is 13.5 Å². The van der Waals surface area contributed by atoms with Gasteiger partial charge in [0.15, 0.2) is 0 Å². The average molecular weight is 248 g/mol. The van der Waals surface area contributed by atoms with Gasteiger partial charge in [0.05, 0.1) is 12.7 Å². The summed E-state index contributed by atoms with van der Waals surface area (Å²) in [4.78, 5) is 0. The number of hydrogen-bond acceptors (Lipinski definition) is 1. The molecule has 0 fully saturated rings. The van der Waals surface area contributed by atoms with Crippen LogP contribution in [0.1, 0.15) is 11.1 Å². The number of aromatic nitrogens is 2. The van der Waals surface area contributed by atoms with E-state index in [1.54, 1.807) is 0 Å². The summed E-state index contributed by atoms with van der Waals surface area (Å²) in [6.45, 7) is 2.93. The lowest BCUT2D eigenvalue weighted by Crippen LogP contribution is -1.99. The van der Waals surface area contributed by atoms with E-state index in [-0.39, 0.29) is 0 Å². The Morgan fingerprint density at radius 1 is 0.947 bits per heavy atom. The molecule has 0 saturated carbocycles. The zero-order chi connectivity index (χ0) is 13.1. The van der Waals surface area contributed by atoms with E-state index in [0.717, 1.165) is 12.1 Å². The van der Waals surface area contributed by atoms with Gasteiger partial charge in [0.1, 0.15) is 0 Å². The Bertz CT molecular complexity index is 668. The molecule has 2 nitrogen and oxygen atoms in total. The average Bonchev–Trinajstić information content (AvgIpc) is 2.88. The van der Waals surface area contributed by atoms with Crippen LogP contribution in [-0.4, -0.2) is 9.78 Å². The highest BCUT2D eigenvalue weighted by molar-refractivity contribution is 5.61. The molecule has 1 heterocycles. The first kappa shape index (κ1) is 11.7. The molecule has 94 valence electrons. The van der Waals surface area contributed by atoms with Crippen LogP contribution in [0, 0.1) is 6.92 Å². The molecule has 0 atom stereocenters. The zero-order valence-electron chi connectivity index (χ0n) is 11.0. The molecule has 0 N–H and O–H groups in total.